The van der Waals surface area contributed by atoms with Crippen molar-refractivity contribution < 1.29 is 23.7 Å². The number of benzene rings is 2. The number of rotatable bonds is 10. The minimum Gasteiger partial charge on any atom is -0.491 e. The molecule has 4 rings (SSSR count). The van der Waals surface area contributed by atoms with Gasteiger partial charge in [-0.15, -0.1) is 0 Å². The van der Waals surface area contributed by atoms with Crippen LogP contribution in [0.3, 0.4) is 0 Å². The van der Waals surface area contributed by atoms with Crippen LogP contribution in [0.5, 0.6) is 17.2 Å². The van der Waals surface area contributed by atoms with Crippen LogP contribution in [0.25, 0.3) is 6.08 Å². The number of halogens is 1. The standard InChI is InChI=1S/C30H33BrN2O6S/c1-7-36-23-15-19(14-21(31)27(23)37-8-2)16-24-28(34)33-26(20-12-10-11-13-22(20)39-17(4)5)25(29(35)38-9-3)18(6)32-30(33)40-24/h10-17,26H,7-9H2,1-6H3/b24-16-/t26-/m1/s1. The van der Waals surface area contributed by atoms with E-state index in [-0.39, 0.29) is 18.3 Å². The SMILES string of the molecule is CCOC(=O)C1=C(C)N=c2s/c(=C\c3cc(Br)c(OCC)c(OCC)c3)c(=O)n2[C@@H]1c1ccccc1OC(C)C. The number of para-hydroxylation sites is 1. The summed E-state index contributed by atoms with van der Waals surface area (Å²) in [7, 11) is 0. The Bertz CT molecular complexity index is 1620. The second kappa shape index (κ2) is 12.9. The molecular weight excluding hydrogens is 596 g/mol. The molecule has 0 aliphatic carbocycles. The fourth-order valence-electron chi connectivity index (χ4n) is 4.52. The van der Waals surface area contributed by atoms with E-state index in [9.17, 15) is 9.59 Å². The molecule has 8 nitrogen and oxygen atoms in total. The Balaban J connectivity index is 1.95. The number of carbonyl (C=O) groups is 1. The molecule has 2 aromatic carbocycles. The van der Waals surface area contributed by atoms with E-state index in [2.05, 4.69) is 20.9 Å². The number of allylic oxidation sites excluding steroid dienone is 1. The van der Waals surface area contributed by atoms with Crippen molar-refractivity contribution in [3.63, 3.8) is 0 Å². The van der Waals surface area contributed by atoms with Gasteiger partial charge in [0, 0.05) is 5.56 Å². The maximum atomic E-state index is 14.0. The number of hydrogen-bond donors (Lipinski definition) is 0. The van der Waals surface area contributed by atoms with E-state index in [1.807, 2.05) is 64.1 Å². The molecule has 10 heteroatoms. The van der Waals surface area contributed by atoms with Gasteiger partial charge in [-0.05, 0) is 87.3 Å². The topological polar surface area (TPSA) is 88.4 Å². The molecule has 3 aromatic rings. The van der Waals surface area contributed by atoms with Crippen LogP contribution in [0.1, 0.15) is 58.7 Å². The molecule has 0 spiro atoms. The molecule has 1 aliphatic rings. The van der Waals surface area contributed by atoms with Gasteiger partial charge >= 0.3 is 5.97 Å². The minimum absolute atomic E-state index is 0.106. The number of nitrogens with zero attached hydrogens (tertiary/aromatic N) is 2. The summed E-state index contributed by atoms with van der Waals surface area (Å²) in [6.45, 7) is 12.3. The van der Waals surface area contributed by atoms with Crippen LogP contribution in [-0.2, 0) is 9.53 Å². The van der Waals surface area contributed by atoms with Crippen molar-refractivity contribution in [2.75, 3.05) is 19.8 Å². The van der Waals surface area contributed by atoms with Gasteiger partial charge in [0.15, 0.2) is 16.3 Å². The highest BCUT2D eigenvalue weighted by Crippen LogP contribution is 2.38. The molecule has 0 N–H and O–H groups in total. The number of fused-ring (bicyclic) bond motifs is 1. The third-order valence-electron chi connectivity index (χ3n) is 6.01. The van der Waals surface area contributed by atoms with Crippen molar-refractivity contribution in [2.24, 2.45) is 4.99 Å². The molecule has 0 amide bonds. The Morgan fingerprint density at radius 1 is 1.10 bits per heavy atom. The predicted octanol–water partition coefficient (Wildman–Crippen LogP) is 5.15. The van der Waals surface area contributed by atoms with E-state index in [0.29, 0.717) is 56.6 Å². The zero-order valence-electron chi connectivity index (χ0n) is 23.4. The Kier molecular flexibility index (Phi) is 9.52. The molecule has 0 unspecified atom stereocenters. The van der Waals surface area contributed by atoms with Gasteiger partial charge in [-0.25, -0.2) is 9.79 Å². The first kappa shape index (κ1) is 29.6. The van der Waals surface area contributed by atoms with Crippen molar-refractivity contribution in [1.29, 1.82) is 0 Å². The predicted molar refractivity (Wildman–Crippen MR) is 159 cm³/mol. The lowest BCUT2D eigenvalue weighted by Gasteiger charge is -2.26. The van der Waals surface area contributed by atoms with Crippen molar-refractivity contribution in [1.82, 2.24) is 4.57 Å². The van der Waals surface area contributed by atoms with Crippen LogP contribution < -0.4 is 29.1 Å². The summed E-state index contributed by atoms with van der Waals surface area (Å²) in [4.78, 5) is 32.4. The molecule has 1 aromatic heterocycles. The van der Waals surface area contributed by atoms with Crippen molar-refractivity contribution >= 4 is 39.3 Å². The maximum Gasteiger partial charge on any atom is 0.338 e. The zero-order chi connectivity index (χ0) is 29.0. The van der Waals surface area contributed by atoms with Gasteiger partial charge in [0.1, 0.15) is 11.8 Å². The quantitative estimate of drug-likeness (QED) is 0.289. The van der Waals surface area contributed by atoms with Gasteiger partial charge in [0.2, 0.25) is 0 Å². The fourth-order valence-corrected chi connectivity index (χ4v) is 6.14. The van der Waals surface area contributed by atoms with E-state index in [1.54, 1.807) is 24.5 Å². The summed E-state index contributed by atoms with van der Waals surface area (Å²) in [6.07, 6.45) is 1.69. The molecule has 0 radical (unpaired) electrons. The average molecular weight is 630 g/mol. The summed E-state index contributed by atoms with van der Waals surface area (Å²) in [6, 6.07) is 10.4. The van der Waals surface area contributed by atoms with Crippen molar-refractivity contribution in [3.05, 3.63) is 83.0 Å². The van der Waals surface area contributed by atoms with Crippen molar-refractivity contribution in [3.8, 4) is 17.2 Å². The number of hydrogen-bond acceptors (Lipinski definition) is 8. The van der Waals surface area contributed by atoms with Gasteiger partial charge in [-0.2, -0.15) is 0 Å². The summed E-state index contributed by atoms with van der Waals surface area (Å²) in [5.74, 6) is 1.26. The first-order valence-electron chi connectivity index (χ1n) is 13.2. The lowest BCUT2D eigenvalue weighted by atomic mass is 9.95. The van der Waals surface area contributed by atoms with E-state index >= 15 is 0 Å². The summed E-state index contributed by atoms with van der Waals surface area (Å²) >= 11 is 4.84. The van der Waals surface area contributed by atoms with E-state index in [1.165, 1.54) is 11.3 Å². The first-order valence-corrected chi connectivity index (χ1v) is 14.8. The smallest absolute Gasteiger partial charge is 0.338 e. The van der Waals surface area contributed by atoms with Crippen LogP contribution >= 0.6 is 27.3 Å². The third kappa shape index (κ3) is 6.02. The van der Waals surface area contributed by atoms with Gasteiger partial charge in [0.25, 0.3) is 5.56 Å². The minimum atomic E-state index is -0.765. The van der Waals surface area contributed by atoms with Crippen LogP contribution in [0.15, 0.2) is 61.9 Å². The van der Waals surface area contributed by atoms with Gasteiger partial charge in [0.05, 0.1) is 46.2 Å². The van der Waals surface area contributed by atoms with Gasteiger partial charge in [-0.3, -0.25) is 9.36 Å². The Morgan fingerprint density at radius 3 is 2.50 bits per heavy atom. The van der Waals surface area contributed by atoms with Gasteiger partial charge in [-0.1, -0.05) is 29.5 Å². The molecule has 212 valence electrons. The van der Waals surface area contributed by atoms with Crippen LogP contribution in [0.4, 0.5) is 0 Å². The summed E-state index contributed by atoms with van der Waals surface area (Å²) in [5, 5.41) is 0. The summed E-state index contributed by atoms with van der Waals surface area (Å²) in [5.41, 5.74) is 1.97. The molecule has 40 heavy (non-hydrogen) atoms. The second-order valence-electron chi connectivity index (χ2n) is 9.20. The largest absolute Gasteiger partial charge is 0.491 e. The highest BCUT2D eigenvalue weighted by molar-refractivity contribution is 9.10. The Labute approximate surface area is 245 Å². The highest BCUT2D eigenvalue weighted by Gasteiger charge is 2.35. The third-order valence-corrected chi connectivity index (χ3v) is 7.58. The Hall–Kier alpha value is -3.37. The van der Waals surface area contributed by atoms with Crippen LogP contribution in [0, 0.1) is 0 Å². The van der Waals surface area contributed by atoms with E-state index in [4.69, 9.17) is 18.9 Å². The van der Waals surface area contributed by atoms with Gasteiger partial charge < -0.3 is 18.9 Å². The maximum absolute atomic E-state index is 14.0. The molecule has 0 saturated carbocycles. The molecule has 2 heterocycles. The monoisotopic (exact) mass is 628 g/mol. The molecule has 0 bridgehead atoms. The van der Waals surface area contributed by atoms with Crippen LogP contribution in [-0.4, -0.2) is 36.5 Å². The average Bonchev–Trinajstić information content (AvgIpc) is 3.19. The van der Waals surface area contributed by atoms with Crippen molar-refractivity contribution in [2.45, 2.75) is 53.7 Å². The highest BCUT2D eigenvalue weighted by atomic mass is 79.9. The molecule has 1 aliphatic heterocycles. The number of ether oxygens (including phenoxy) is 4. The first-order chi connectivity index (χ1) is 19.2. The number of esters is 1. The zero-order valence-corrected chi connectivity index (χ0v) is 25.9. The van der Waals surface area contributed by atoms with E-state index in [0.717, 1.165) is 10.0 Å². The molecule has 1 atom stereocenters. The number of thiazole rings is 1. The lowest BCUT2D eigenvalue weighted by Crippen LogP contribution is -2.40. The number of carbonyl (C=O) groups excluding carboxylic acids is 1. The fraction of sp³-hybridized carbons (Fsp3) is 0.367. The molecule has 0 saturated heterocycles. The van der Waals surface area contributed by atoms with E-state index < -0.39 is 12.0 Å². The Morgan fingerprint density at radius 2 is 1.82 bits per heavy atom. The number of aromatic nitrogens is 1. The molecular formula is C30H33BrN2O6S. The molecule has 0 fully saturated rings. The lowest BCUT2D eigenvalue weighted by molar-refractivity contribution is -0.139. The summed E-state index contributed by atoms with van der Waals surface area (Å²) < 4.78 is 25.8. The second-order valence-corrected chi connectivity index (χ2v) is 11.1. The normalized spacial score (nSPS) is 15.1. The van der Waals surface area contributed by atoms with Crippen LogP contribution in [0.2, 0.25) is 0 Å².